The molecule has 2 heterocycles. The quantitative estimate of drug-likeness (QED) is 0.837. The minimum absolute atomic E-state index is 0.0281. The topological polar surface area (TPSA) is 109 Å². The summed E-state index contributed by atoms with van der Waals surface area (Å²) in [5.74, 6) is -1.04. The molecule has 3 rings (SSSR count). The van der Waals surface area contributed by atoms with Crippen LogP contribution in [0.25, 0.3) is 0 Å². The lowest BCUT2D eigenvalue weighted by atomic mass is 9.80. The molecule has 9 heteroatoms. The summed E-state index contributed by atoms with van der Waals surface area (Å²) >= 11 is 0. The van der Waals surface area contributed by atoms with Crippen LogP contribution in [0.4, 0.5) is 0 Å². The zero-order chi connectivity index (χ0) is 18.5. The first-order chi connectivity index (χ1) is 11.5. The number of sulfone groups is 1. The summed E-state index contributed by atoms with van der Waals surface area (Å²) in [5, 5.41) is 9.22. The normalized spacial score (nSPS) is 26.8. The van der Waals surface area contributed by atoms with E-state index in [0.29, 0.717) is 31.4 Å². The number of benzene rings is 1. The summed E-state index contributed by atoms with van der Waals surface area (Å²) in [6.45, 7) is 2.10. The third kappa shape index (κ3) is 3.45. The number of hydrogen-bond donors (Lipinski definition) is 1. The second-order valence-electron chi connectivity index (χ2n) is 7.07. The van der Waals surface area contributed by atoms with Crippen LogP contribution in [0.5, 0.6) is 0 Å². The van der Waals surface area contributed by atoms with Crippen LogP contribution >= 0.6 is 0 Å². The third-order valence-corrected chi connectivity index (χ3v) is 8.89. The van der Waals surface area contributed by atoms with E-state index in [0.717, 1.165) is 0 Å². The van der Waals surface area contributed by atoms with Gasteiger partial charge in [-0.05, 0) is 49.3 Å². The molecule has 2 aliphatic rings. The van der Waals surface area contributed by atoms with Gasteiger partial charge in [0.15, 0.2) is 9.84 Å². The molecule has 1 atom stereocenters. The lowest BCUT2D eigenvalue weighted by molar-refractivity contribution is 0.0695. The average molecular weight is 387 g/mol. The Balaban J connectivity index is 1.93. The fourth-order valence-electron chi connectivity index (χ4n) is 3.81. The SMILES string of the molecule is Cc1ccc(S(=O)(=O)N2CCCC3(CCS(=O)(=O)C3)C2)cc1C(=O)O. The standard InChI is InChI=1S/C16H21NO6S2/c1-12-3-4-13(9-14(12)15(18)19)25(22,23)17-7-2-5-16(10-17)6-8-24(20,21)11-16/h3-4,9H,2,5-8,10-11H2,1H3,(H,18,19). The number of hydrogen-bond acceptors (Lipinski definition) is 5. The summed E-state index contributed by atoms with van der Waals surface area (Å²) in [7, 11) is -6.97. The number of carbonyl (C=O) groups is 1. The van der Waals surface area contributed by atoms with Crippen molar-refractivity contribution in [2.75, 3.05) is 24.6 Å². The summed E-state index contributed by atoms with van der Waals surface area (Å²) < 4.78 is 50.9. The fraction of sp³-hybridized carbons (Fsp3) is 0.562. The van der Waals surface area contributed by atoms with E-state index in [-0.39, 0.29) is 28.5 Å². The highest BCUT2D eigenvalue weighted by Gasteiger charge is 2.47. The van der Waals surface area contributed by atoms with Gasteiger partial charge in [-0.1, -0.05) is 6.07 Å². The Morgan fingerprint density at radius 1 is 1.28 bits per heavy atom. The Morgan fingerprint density at radius 2 is 2.00 bits per heavy atom. The van der Waals surface area contributed by atoms with Crippen LogP contribution in [-0.2, 0) is 19.9 Å². The maximum atomic E-state index is 13.0. The predicted molar refractivity (Wildman–Crippen MR) is 91.8 cm³/mol. The van der Waals surface area contributed by atoms with Gasteiger partial charge >= 0.3 is 5.97 Å². The van der Waals surface area contributed by atoms with Gasteiger partial charge in [-0.15, -0.1) is 0 Å². The molecule has 2 saturated heterocycles. The van der Waals surface area contributed by atoms with Gasteiger partial charge in [-0.3, -0.25) is 0 Å². The number of carboxylic acids is 1. The van der Waals surface area contributed by atoms with Crippen LogP contribution in [0, 0.1) is 12.3 Å². The van der Waals surface area contributed by atoms with Gasteiger partial charge in [0.2, 0.25) is 10.0 Å². The smallest absolute Gasteiger partial charge is 0.335 e. The molecule has 0 aliphatic carbocycles. The van der Waals surface area contributed by atoms with E-state index in [2.05, 4.69) is 0 Å². The van der Waals surface area contributed by atoms with Gasteiger partial charge in [0.1, 0.15) is 0 Å². The number of piperidine rings is 1. The highest BCUT2D eigenvalue weighted by Crippen LogP contribution is 2.41. The number of aromatic carboxylic acids is 1. The van der Waals surface area contributed by atoms with Crippen molar-refractivity contribution in [3.63, 3.8) is 0 Å². The van der Waals surface area contributed by atoms with Gasteiger partial charge < -0.3 is 5.11 Å². The van der Waals surface area contributed by atoms with Crippen molar-refractivity contribution < 1.29 is 26.7 Å². The van der Waals surface area contributed by atoms with E-state index >= 15 is 0 Å². The molecule has 0 radical (unpaired) electrons. The molecule has 1 N–H and O–H groups in total. The van der Waals surface area contributed by atoms with Crippen LogP contribution < -0.4 is 0 Å². The lowest BCUT2D eigenvalue weighted by Crippen LogP contribution is -2.46. The number of aryl methyl sites for hydroxylation is 1. The van der Waals surface area contributed by atoms with Gasteiger partial charge in [-0.25, -0.2) is 21.6 Å². The Kier molecular flexibility index (Phi) is 4.45. The Morgan fingerprint density at radius 3 is 2.60 bits per heavy atom. The van der Waals surface area contributed by atoms with E-state index in [1.165, 1.54) is 22.5 Å². The van der Waals surface area contributed by atoms with Crippen molar-refractivity contribution >= 4 is 25.8 Å². The van der Waals surface area contributed by atoms with Gasteiger partial charge in [0, 0.05) is 13.1 Å². The molecule has 0 amide bonds. The Labute approximate surface area is 147 Å². The van der Waals surface area contributed by atoms with Crippen molar-refractivity contribution in [1.29, 1.82) is 0 Å². The monoisotopic (exact) mass is 387 g/mol. The highest BCUT2D eigenvalue weighted by molar-refractivity contribution is 7.91. The highest BCUT2D eigenvalue weighted by atomic mass is 32.2. The minimum atomic E-state index is -3.86. The molecular formula is C16H21NO6S2. The van der Waals surface area contributed by atoms with Crippen molar-refractivity contribution in [2.45, 2.75) is 31.1 Å². The zero-order valence-corrected chi connectivity index (χ0v) is 15.6. The first-order valence-corrected chi connectivity index (χ1v) is 11.4. The van der Waals surface area contributed by atoms with E-state index in [9.17, 15) is 26.7 Å². The summed E-state index contributed by atoms with van der Waals surface area (Å²) in [5.41, 5.74) is -0.0653. The second-order valence-corrected chi connectivity index (χ2v) is 11.2. The van der Waals surface area contributed by atoms with Crippen LogP contribution in [-0.4, -0.2) is 56.8 Å². The van der Waals surface area contributed by atoms with Gasteiger partial charge in [0.05, 0.1) is 22.0 Å². The molecule has 2 fully saturated rings. The molecule has 138 valence electrons. The molecule has 25 heavy (non-hydrogen) atoms. The molecule has 1 spiro atoms. The summed E-state index contributed by atoms with van der Waals surface area (Å²) in [6, 6.07) is 4.07. The fourth-order valence-corrected chi connectivity index (χ4v) is 7.63. The van der Waals surface area contributed by atoms with Crippen LogP contribution in [0.1, 0.15) is 35.2 Å². The number of rotatable bonds is 3. The van der Waals surface area contributed by atoms with Crippen LogP contribution in [0.3, 0.4) is 0 Å². The number of nitrogens with zero attached hydrogens (tertiary/aromatic N) is 1. The van der Waals surface area contributed by atoms with E-state index in [1.54, 1.807) is 6.92 Å². The molecular weight excluding hydrogens is 366 g/mol. The Hall–Kier alpha value is -1.45. The first kappa shape index (κ1) is 18.3. The van der Waals surface area contributed by atoms with Gasteiger partial charge in [-0.2, -0.15) is 4.31 Å². The molecule has 0 saturated carbocycles. The number of carboxylic acid groups (broad SMARTS) is 1. The van der Waals surface area contributed by atoms with Crippen LogP contribution in [0.15, 0.2) is 23.1 Å². The van der Waals surface area contributed by atoms with Crippen molar-refractivity contribution in [3.8, 4) is 0 Å². The van der Waals surface area contributed by atoms with Crippen molar-refractivity contribution in [1.82, 2.24) is 4.31 Å². The Bertz CT molecular complexity index is 922. The maximum Gasteiger partial charge on any atom is 0.335 e. The second kappa shape index (κ2) is 6.07. The van der Waals surface area contributed by atoms with Crippen LogP contribution in [0.2, 0.25) is 0 Å². The summed E-state index contributed by atoms with van der Waals surface area (Å²) in [4.78, 5) is 11.2. The van der Waals surface area contributed by atoms with Crippen molar-refractivity contribution in [2.24, 2.45) is 5.41 Å². The predicted octanol–water partition coefficient (Wildman–Crippen LogP) is 1.28. The maximum absolute atomic E-state index is 13.0. The molecule has 0 bridgehead atoms. The lowest BCUT2D eigenvalue weighted by Gasteiger charge is -2.38. The largest absolute Gasteiger partial charge is 0.478 e. The van der Waals surface area contributed by atoms with Gasteiger partial charge in [0.25, 0.3) is 0 Å². The summed E-state index contributed by atoms with van der Waals surface area (Å²) in [6.07, 6.45) is 1.79. The first-order valence-electron chi connectivity index (χ1n) is 8.09. The molecule has 2 aliphatic heterocycles. The molecule has 1 aromatic rings. The molecule has 1 unspecified atom stereocenters. The molecule has 7 nitrogen and oxygen atoms in total. The van der Waals surface area contributed by atoms with Crippen molar-refractivity contribution in [3.05, 3.63) is 29.3 Å². The molecule has 1 aromatic carbocycles. The number of sulfonamides is 1. The van der Waals surface area contributed by atoms with E-state index in [1.807, 2.05) is 0 Å². The molecule has 0 aromatic heterocycles. The zero-order valence-electron chi connectivity index (χ0n) is 13.9. The van der Waals surface area contributed by atoms with E-state index < -0.39 is 31.2 Å². The minimum Gasteiger partial charge on any atom is -0.478 e. The third-order valence-electron chi connectivity index (χ3n) is 5.17. The average Bonchev–Trinajstić information content (AvgIpc) is 2.81. The van der Waals surface area contributed by atoms with E-state index in [4.69, 9.17) is 0 Å².